The van der Waals surface area contributed by atoms with Crippen molar-refractivity contribution in [1.29, 1.82) is 0 Å². The van der Waals surface area contributed by atoms with Crippen molar-refractivity contribution in [2.75, 3.05) is 13.1 Å². The molecule has 0 aromatic carbocycles. The van der Waals surface area contributed by atoms with Crippen molar-refractivity contribution >= 4 is 11.9 Å². The Kier molecular flexibility index (Phi) is 4.98. The standard InChI is InChI=1S/C19H31NO3/c1-2-15(12-14-6-4-3-5-7-14)17(21)20-10-8-19(9-11-20)13-16(19)18(22)23/h14-16H,2-13H2,1H3,(H,22,23). The van der Waals surface area contributed by atoms with E-state index in [1.165, 1.54) is 32.1 Å². The van der Waals surface area contributed by atoms with Crippen molar-refractivity contribution in [3.63, 3.8) is 0 Å². The zero-order valence-corrected chi connectivity index (χ0v) is 14.4. The van der Waals surface area contributed by atoms with E-state index in [1.54, 1.807) is 0 Å². The summed E-state index contributed by atoms with van der Waals surface area (Å²) < 4.78 is 0. The van der Waals surface area contributed by atoms with E-state index in [0.29, 0.717) is 5.91 Å². The highest BCUT2D eigenvalue weighted by molar-refractivity contribution is 5.79. The largest absolute Gasteiger partial charge is 0.481 e. The van der Waals surface area contributed by atoms with Crippen molar-refractivity contribution in [2.24, 2.45) is 23.2 Å². The first-order chi connectivity index (χ1) is 11.1. The van der Waals surface area contributed by atoms with E-state index >= 15 is 0 Å². The third-order valence-electron chi connectivity index (χ3n) is 6.74. The molecule has 3 aliphatic rings. The maximum atomic E-state index is 12.9. The van der Waals surface area contributed by atoms with Crippen LogP contribution in [0.15, 0.2) is 0 Å². The SMILES string of the molecule is CCC(CC1CCCCC1)C(=O)N1CCC2(CC1)CC2C(=O)O. The minimum Gasteiger partial charge on any atom is -0.481 e. The molecule has 1 spiro atoms. The molecule has 1 aliphatic heterocycles. The first kappa shape index (κ1) is 16.8. The van der Waals surface area contributed by atoms with Gasteiger partial charge >= 0.3 is 5.97 Å². The normalized spacial score (nSPS) is 28.6. The average Bonchev–Trinajstić information content (AvgIpc) is 3.27. The van der Waals surface area contributed by atoms with Crippen LogP contribution in [0.2, 0.25) is 0 Å². The summed E-state index contributed by atoms with van der Waals surface area (Å²) in [6.45, 7) is 3.67. The van der Waals surface area contributed by atoms with E-state index in [9.17, 15) is 14.7 Å². The van der Waals surface area contributed by atoms with Gasteiger partial charge in [-0.25, -0.2) is 0 Å². The van der Waals surface area contributed by atoms with Crippen molar-refractivity contribution in [1.82, 2.24) is 4.90 Å². The lowest BCUT2D eigenvalue weighted by Crippen LogP contribution is -2.43. The quantitative estimate of drug-likeness (QED) is 0.840. The summed E-state index contributed by atoms with van der Waals surface area (Å²) in [6, 6.07) is 0. The summed E-state index contributed by atoms with van der Waals surface area (Å²) >= 11 is 0. The minimum atomic E-state index is -0.645. The molecule has 1 heterocycles. The second-order valence-corrected chi connectivity index (χ2v) is 8.13. The Balaban J connectivity index is 1.50. The Morgan fingerprint density at radius 2 is 1.83 bits per heavy atom. The first-order valence-corrected chi connectivity index (χ1v) is 9.57. The van der Waals surface area contributed by atoms with Gasteiger partial charge in [-0.05, 0) is 43.4 Å². The molecule has 2 saturated carbocycles. The number of nitrogens with zero attached hydrogens (tertiary/aromatic N) is 1. The first-order valence-electron chi connectivity index (χ1n) is 9.57. The van der Waals surface area contributed by atoms with Gasteiger partial charge in [-0.2, -0.15) is 0 Å². The maximum absolute atomic E-state index is 12.9. The van der Waals surface area contributed by atoms with E-state index in [1.807, 2.05) is 4.90 Å². The third kappa shape index (κ3) is 3.56. The fourth-order valence-electron chi connectivity index (χ4n) is 4.95. The molecular weight excluding hydrogens is 290 g/mol. The highest BCUT2D eigenvalue weighted by atomic mass is 16.4. The lowest BCUT2D eigenvalue weighted by molar-refractivity contribution is -0.140. The van der Waals surface area contributed by atoms with E-state index < -0.39 is 5.97 Å². The zero-order chi connectivity index (χ0) is 16.4. The van der Waals surface area contributed by atoms with E-state index in [2.05, 4.69) is 6.92 Å². The summed E-state index contributed by atoms with van der Waals surface area (Å²) in [6.07, 6.45) is 11.2. The maximum Gasteiger partial charge on any atom is 0.307 e. The Bertz CT molecular complexity index is 448. The monoisotopic (exact) mass is 321 g/mol. The van der Waals surface area contributed by atoms with Gasteiger partial charge in [0.25, 0.3) is 0 Å². The van der Waals surface area contributed by atoms with E-state index in [-0.39, 0.29) is 17.3 Å². The highest BCUT2D eigenvalue weighted by Gasteiger charge is 2.59. The molecule has 1 amide bonds. The number of amides is 1. The van der Waals surface area contributed by atoms with Crippen molar-refractivity contribution in [3.8, 4) is 0 Å². The number of piperidine rings is 1. The summed E-state index contributed by atoms with van der Waals surface area (Å²) in [7, 11) is 0. The number of likely N-dealkylation sites (tertiary alicyclic amines) is 1. The number of carboxylic acid groups (broad SMARTS) is 1. The van der Waals surface area contributed by atoms with Gasteiger partial charge in [0.2, 0.25) is 5.91 Å². The van der Waals surface area contributed by atoms with Gasteiger partial charge in [0.1, 0.15) is 0 Å². The molecule has 1 saturated heterocycles. The van der Waals surface area contributed by atoms with Gasteiger partial charge in [-0.1, -0.05) is 39.0 Å². The summed E-state index contributed by atoms with van der Waals surface area (Å²) in [5, 5.41) is 9.17. The molecule has 2 atom stereocenters. The Hall–Kier alpha value is -1.06. The Labute approximate surface area is 139 Å². The van der Waals surface area contributed by atoms with Crippen LogP contribution in [-0.2, 0) is 9.59 Å². The molecule has 0 radical (unpaired) electrons. The van der Waals surface area contributed by atoms with E-state index in [4.69, 9.17) is 0 Å². The van der Waals surface area contributed by atoms with Crippen LogP contribution in [0, 0.1) is 23.2 Å². The number of carbonyl (C=O) groups is 2. The molecule has 1 N–H and O–H groups in total. The number of aliphatic carboxylic acids is 1. The van der Waals surface area contributed by atoms with Gasteiger partial charge in [0.15, 0.2) is 0 Å². The second kappa shape index (κ2) is 6.82. The summed E-state index contributed by atoms with van der Waals surface area (Å²) in [4.78, 5) is 26.0. The molecule has 130 valence electrons. The molecule has 0 bridgehead atoms. The Morgan fingerprint density at radius 3 is 2.35 bits per heavy atom. The molecular formula is C19H31NO3. The zero-order valence-electron chi connectivity index (χ0n) is 14.4. The van der Waals surface area contributed by atoms with Crippen LogP contribution < -0.4 is 0 Å². The number of carbonyl (C=O) groups excluding carboxylic acids is 1. The van der Waals surface area contributed by atoms with Crippen LogP contribution in [0.25, 0.3) is 0 Å². The molecule has 4 nitrogen and oxygen atoms in total. The predicted molar refractivity (Wildman–Crippen MR) is 89.0 cm³/mol. The third-order valence-corrected chi connectivity index (χ3v) is 6.74. The minimum absolute atomic E-state index is 0.0215. The van der Waals surface area contributed by atoms with Gasteiger partial charge < -0.3 is 10.0 Å². The van der Waals surface area contributed by atoms with Crippen molar-refractivity contribution < 1.29 is 14.7 Å². The number of rotatable bonds is 5. The summed E-state index contributed by atoms with van der Waals surface area (Å²) in [5.74, 6) is 0.466. The van der Waals surface area contributed by atoms with Crippen LogP contribution in [-0.4, -0.2) is 35.0 Å². The van der Waals surface area contributed by atoms with Crippen LogP contribution in [0.5, 0.6) is 0 Å². The van der Waals surface area contributed by atoms with Crippen LogP contribution in [0.4, 0.5) is 0 Å². The number of hydrogen-bond donors (Lipinski definition) is 1. The van der Waals surface area contributed by atoms with Gasteiger partial charge in [0.05, 0.1) is 5.92 Å². The van der Waals surface area contributed by atoms with Gasteiger partial charge in [-0.15, -0.1) is 0 Å². The lowest BCUT2D eigenvalue weighted by atomic mass is 9.81. The topological polar surface area (TPSA) is 57.6 Å². The molecule has 0 aromatic rings. The molecule has 3 fully saturated rings. The van der Waals surface area contributed by atoms with Crippen molar-refractivity contribution in [3.05, 3.63) is 0 Å². The van der Waals surface area contributed by atoms with Crippen LogP contribution in [0.3, 0.4) is 0 Å². The molecule has 0 aromatic heterocycles. The summed E-state index contributed by atoms with van der Waals surface area (Å²) in [5.41, 5.74) is 0.0215. The van der Waals surface area contributed by atoms with Gasteiger partial charge in [0, 0.05) is 19.0 Å². The molecule has 2 unspecified atom stereocenters. The molecule has 2 aliphatic carbocycles. The molecule has 4 heteroatoms. The molecule has 3 rings (SSSR count). The van der Waals surface area contributed by atoms with Crippen molar-refractivity contribution in [2.45, 2.75) is 71.1 Å². The average molecular weight is 321 g/mol. The fraction of sp³-hybridized carbons (Fsp3) is 0.895. The van der Waals surface area contributed by atoms with Crippen LogP contribution in [0.1, 0.15) is 71.1 Å². The lowest BCUT2D eigenvalue weighted by Gasteiger charge is -2.35. The smallest absolute Gasteiger partial charge is 0.307 e. The molecule has 23 heavy (non-hydrogen) atoms. The Morgan fingerprint density at radius 1 is 1.17 bits per heavy atom. The van der Waals surface area contributed by atoms with Crippen LogP contribution >= 0.6 is 0 Å². The predicted octanol–water partition coefficient (Wildman–Crippen LogP) is 3.70. The second-order valence-electron chi connectivity index (χ2n) is 8.13. The fourth-order valence-corrected chi connectivity index (χ4v) is 4.95. The highest BCUT2D eigenvalue weighted by Crippen LogP contribution is 2.59. The number of hydrogen-bond acceptors (Lipinski definition) is 2. The van der Waals surface area contributed by atoms with Gasteiger partial charge in [-0.3, -0.25) is 9.59 Å². The number of carboxylic acids is 1. The van der Waals surface area contributed by atoms with E-state index in [0.717, 1.165) is 51.1 Å².